The van der Waals surface area contributed by atoms with Gasteiger partial charge in [-0.3, -0.25) is 29.3 Å². The minimum Gasteiger partial charge on any atom is -0.481 e. The Labute approximate surface area is 224 Å². The molecule has 3 aromatic rings. The first-order chi connectivity index (χ1) is 18.0. The lowest BCUT2D eigenvalue weighted by Crippen LogP contribution is -2.31. The zero-order chi connectivity index (χ0) is 28.6. The van der Waals surface area contributed by atoms with Crippen LogP contribution in [0.4, 0.5) is 0 Å². The van der Waals surface area contributed by atoms with Crippen LogP contribution in [0.15, 0.2) is 73.2 Å². The fourth-order valence-corrected chi connectivity index (χ4v) is 2.85. The van der Waals surface area contributed by atoms with Gasteiger partial charge in [-0.15, -0.1) is 0 Å². The number of carbonyl (C=O) groups is 3. The quantitative estimate of drug-likeness (QED) is 0.423. The summed E-state index contributed by atoms with van der Waals surface area (Å²) >= 11 is 0. The van der Waals surface area contributed by atoms with Gasteiger partial charge in [0.15, 0.2) is 0 Å². The number of carboxylic acids is 1. The van der Waals surface area contributed by atoms with Crippen molar-refractivity contribution in [1.29, 1.82) is 0 Å². The molecular formula is C29H37N3O6. The molecule has 0 amide bonds. The number of carbonyl (C=O) groups excluding carboxylic acids is 2. The SMILES string of the molecule is CC(C)(C(=O)O)c1ccccn1.CCOC(=O)C(C)(C)c1ccccn1.CCOC(=O)Cc1ccccn1. The molecule has 0 bridgehead atoms. The van der Waals surface area contributed by atoms with Gasteiger partial charge in [0.05, 0.1) is 36.7 Å². The van der Waals surface area contributed by atoms with E-state index in [4.69, 9.17) is 14.6 Å². The van der Waals surface area contributed by atoms with Crippen molar-refractivity contribution >= 4 is 17.9 Å². The summed E-state index contributed by atoms with van der Waals surface area (Å²) in [5.41, 5.74) is 0.491. The van der Waals surface area contributed by atoms with E-state index < -0.39 is 16.8 Å². The molecule has 0 radical (unpaired) electrons. The summed E-state index contributed by atoms with van der Waals surface area (Å²) in [6, 6.07) is 16.3. The third kappa shape index (κ3) is 10.5. The predicted octanol–water partition coefficient (Wildman–Crippen LogP) is 4.55. The van der Waals surface area contributed by atoms with Crippen molar-refractivity contribution in [3.05, 3.63) is 90.3 Å². The van der Waals surface area contributed by atoms with Gasteiger partial charge in [0.25, 0.3) is 0 Å². The van der Waals surface area contributed by atoms with Crippen LogP contribution >= 0.6 is 0 Å². The van der Waals surface area contributed by atoms with Crippen molar-refractivity contribution in [3.8, 4) is 0 Å². The Bertz CT molecular complexity index is 1120. The van der Waals surface area contributed by atoms with E-state index in [-0.39, 0.29) is 18.4 Å². The second-order valence-corrected chi connectivity index (χ2v) is 9.01. The number of ether oxygens (including phenoxy) is 2. The minimum absolute atomic E-state index is 0.226. The first kappa shape index (κ1) is 31.9. The van der Waals surface area contributed by atoms with Crippen LogP contribution in [0.1, 0.15) is 58.6 Å². The molecule has 3 heterocycles. The smallest absolute Gasteiger partial charge is 0.317 e. The molecular weight excluding hydrogens is 486 g/mol. The van der Waals surface area contributed by atoms with Gasteiger partial charge in [0.1, 0.15) is 10.8 Å². The highest BCUT2D eigenvalue weighted by Crippen LogP contribution is 2.22. The van der Waals surface area contributed by atoms with Gasteiger partial charge in [0, 0.05) is 18.6 Å². The Hall–Kier alpha value is -4.14. The number of rotatable bonds is 8. The van der Waals surface area contributed by atoms with E-state index in [0.717, 1.165) is 11.4 Å². The summed E-state index contributed by atoms with van der Waals surface area (Å²) in [4.78, 5) is 45.5. The molecule has 0 aliphatic rings. The lowest BCUT2D eigenvalue weighted by Gasteiger charge is -2.21. The van der Waals surface area contributed by atoms with Gasteiger partial charge < -0.3 is 14.6 Å². The van der Waals surface area contributed by atoms with Gasteiger partial charge in [-0.1, -0.05) is 18.2 Å². The van der Waals surface area contributed by atoms with Gasteiger partial charge in [-0.2, -0.15) is 0 Å². The zero-order valence-corrected chi connectivity index (χ0v) is 22.9. The zero-order valence-electron chi connectivity index (χ0n) is 22.9. The molecule has 0 saturated carbocycles. The summed E-state index contributed by atoms with van der Waals surface area (Å²) in [6.07, 6.45) is 5.19. The number of carboxylic acid groups (broad SMARTS) is 1. The summed E-state index contributed by atoms with van der Waals surface area (Å²) in [5, 5.41) is 8.85. The van der Waals surface area contributed by atoms with E-state index in [1.807, 2.05) is 44.2 Å². The number of nitrogens with zero attached hydrogens (tertiary/aromatic N) is 3. The molecule has 204 valence electrons. The standard InChI is InChI=1S/C11H15NO2.2C9H11NO2/c1-4-14-10(13)11(2,3)9-7-5-6-8-12-9;1-9(2,8(11)12)7-5-3-4-6-10-7;1-2-12-9(11)7-8-5-3-4-6-10-8/h5-8H,4H2,1-3H3;3-6H,1-2H3,(H,11,12);3-6H,2,7H2,1H3. The highest BCUT2D eigenvalue weighted by Gasteiger charge is 2.32. The molecule has 1 N–H and O–H groups in total. The molecule has 0 aliphatic carbocycles. The van der Waals surface area contributed by atoms with Crippen LogP contribution in [-0.4, -0.2) is 51.2 Å². The first-order valence-electron chi connectivity index (χ1n) is 12.3. The molecule has 0 spiro atoms. The van der Waals surface area contributed by atoms with Crippen molar-refractivity contribution in [2.45, 2.75) is 58.8 Å². The monoisotopic (exact) mass is 523 g/mol. The number of aliphatic carboxylic acids is 1. The topological polar surface area (TPSA) is 129 Å². The average molecular weight is 524 g/mol. The highest BCUT2D eigenvalue weighted by atomic mass is 16.5. The van der Waals surface area contributed by atoms with Crippen LogP contribution in [0.2, 0.25) is 0 Å². The number of hydrogen-bond acceptors (Lipinski definition) is 8. The van der Waals surface area contributed by atoms with E-state index in [2.05, 4.69) is 15.0 Å². The molecule has 0 atom stereocenters. The fraction of sp³-hybridized carbons (Fsp3) is 0.379. The van der Waals surface area contributed by atoms with Crippen LogP contribution in [0.5, 0.6) is 0 Å². The third-order valence-corrected chi connectivity index (χ3v) is 5.29. The Kier molecular flexibility index (Phi) is 13.3. The second-order valence-electron chi connectivity index (χ2n) is 9.01. The van der Waals surface area contributed by atoms with Crippen LogP contribution in [0.3, 0.4) is 0 Å². The molecule has 3 rings (SSSR count). The van der Waals surface area contributed by atoms with Crippen LogP contribution < -0.4 is 0 Å². The number of aromatic nitrogens is 3. The summed E-state index contributed by atoms with van der Waals surface area (Å²) < 4.78 is 9.75. The van der Waals surface area contributed by atoms with E-state index in [9.17, 15) is 14.4 Å². The fourth-order valence-electron chi connectivity index (χ4n) is 2.85. The van der Waals surface area contributed by atoms with Gasteiger partial charge in [-0.05, 0) is 77.9 Å². The maximum Gasteiger partial charge on any atom is 0.317 e. The average Bonchev–Trinajstić information content (AvgIpc) is 2.91. The Morgan fingerprint density at radius 2 is 1.18 bits per heavy atom. The Balaban J connectivity index is 0.000000286. The van der Waals surface area contributed by atoms with Crippen molar-refractivity contribution in [2.75, 3.05) is 13.2 Å². The minimum atomic E-state index is -0.902. The van der Waals surface area contributed by atoms with Crippen molar-refractivity contribution in [3.63, 3.8) is 0 Å². The van der Waals surface area contributed by atoms with E-state index >= 15 is 0 Å². The second kappa shape index (κ2) is 15.9. The van der Waals surface area contributed by atoms with Gasteiger partial charge in [-0.25, -0.2) is 0 Å². The summed E-state index contributed by atoms with van der Waals surface area (Å²) in [5.74, 6) is -1.32. The maximum absolute atomic E-state index is 11.6. The van der Waals surface area contributed by atoms with Crippen LogP contribution in [-0.2, 0) is 41.1 Å². The van der Waals surface area contributed by atoms with E-state index in [1.165, 1.54) is 0 Å². The molecule has 0 unspecified atom stereocenters. The number of esters is 2. The van der Waals surface area contributed by atoms with Crippen LogP contribution in [0.25, 0.3) is 0 Å². The lowest BCUT2D eigenvalue weighted by atomic mass is 9.89. The number of hydrogen-bond donors (Lipinski definition) is 1. The van der Waals surface area contributed by atoms with Crippen molar-refractivity contribution in [2.24, 2.45) is 0 Å². The summed E-state index contributed by atoms with van der Waals surface area (Å²) in [6.45, 7) is 11.3. The molecule has 0 aliphatic heterocycles. The van der Waals surface area contributed by atoms with Crippen molar-refractivity contribution in [1.82, 2.24) is 15.0 Å². The molecule has 3 aromatic heterocycles. The number of pyridine rings is 3. The van der Waals surface area contributed by atoms with Gasteiger partial charge >= 0.3 is 17.9 Å². The van der Waals surface area contributed by atoms with Gasteiger partial charge in [0.2, 0.25) is 0 Å². The molecule has 9 nitrogen and oxygen atoms in total. The maximum atomic E-state index is 11.6. The predicted molar refractivity (Wildman–Crippen MR) is 143 cm³/mol. The Morgan fingerprint density at radius 1 is 0.711 bits per heavy atom. The third-order valence-electron chi connectivity index (χ3n) is 5.29. The molecule has 9 heteroatoms. The molecule has 0 fully saturated rings. The molecule has 0 saturated heterocycles. The van der Waals surface area contributed by atoms with E-state index in [0.29, 0.717) is 18.9 Å². The van der Waals surface area contributed by atoms with Crippen molar-refractivity contribution < 1.29 is 29.0 Å². The normalized spacial score (nSPS) is 10.6. The van der Waals surface area contributed by atoms with Crippen LogP contribution in [0, 0.1) is 0 Å². The first-order valence-corrected chi connectivity index (χ1v) is 12.3. The van der Waals surface area contributed by atoms with E-state index in [1.54, 1.807) is 70.6 Å². The summed E-state index contributed by atoms with van der Waals surface area (Å²) in [7, 11) is 0. The Morgan fingerprint density at radius 3 is 1.58 bits per heavy atom. The largest absolute Gasteiger partial charge is 0.481 e. The highest BCUT2D eigenvalue weighted by molar-refractivity contribution is 5.81. The molecule has 0 aromatic carbocycles. The lowest BCUT2D eigenvalue weighted by molar-refractivity contribution is -0.149. The molecule has 38 heavy (non-hydrogen) atoms.